The molecule has 37 heavy (non-hydrogen) atoms. The van der Waals surface area contributed by atoms with Crippen LogP contribution in [0.5, 0.6) is 0 Å². The van der Waals surface area contributed by atoms with Crippen molar-refractivity contribution in [2.24, 2.45) is 0 Å². The maximum atomic E-state index is 5.75. The quantitative estimate of drug-likeness (QED) is 0.257. The molecule has 0 unspecified atom stereocenters. The molecule has 0 aliphatic heterocycles. The van der Waals surface area contributed by atoms with Gasteiger partial charge < -0.3 is 8.98 Å². The molecule has 3 heterocycles. The van der Waals surface area contributed by atoms with E-state index in [0.717, 1.165) is 50.3 Å². The second-order valence-corrected chi connectivity index (χ2v) is 9.32. The normalized spacial score (nSPS) is 11.8. The lowest BCUT2D eigenvalue weighted by molar-refractivity contribution is 0.616. The highest BCUT2D eigenvalue weighted by Crippen LogP contribution is 2.36. The van der Waals surface area contributed by atoms with Gasteiger partial charge in [0.25, 0.3) is 0 Å². The summed E-state index contributed by atoms with van der Waals surface area (Å²) in [4.78, 5) is 5.02. The maximum absolute atomic E-state index is 5.75. The average Bonchev–Trinajstić information content (AvgIpc) is 3.66. The Balaban J connectivity index is 1.33. The van der Waals surface area contributed by atoms with Crippen LogP contribution in [0.3, 0.4) is 0 Å². The van der Waals surface area contributed by atoms with E-state index in [9.17, 15) is 0 Å². The lowest BCUT2D eigenvalue weighted by Crippen LogP contribution is -1.98. The molecule has 0 aliphatic carbocycles. The Morgan fingerprint density at radius 2 is 1.27 bits per heavy atom. The van der Waals surface area contributed by atoms with Crippen molar-refractivity contribution in [2.45, 2.75) is 0 Å². The van der Waals surface area contributed by atoms with Crippen molar-refractivity contribution in [1.29, 1.82) is 0 Å². The van der Waals surface area contributed by atoms with Gasteiger partial charge in [0.1, 0.15) is 11.4 Å². The summed E-state index contributed by atoms with van der Waals surface area (Å²) < 4.78 is 10.3. The van der Waals surface area contributed by atoms with Crippen LogP contribution < -0.4 is 0 Å². The third-order valence-electron chi connectivity index (χ3n) is 7.21. The third-order valence-corrected chi connectivity index (χ3v) is 7.21. The van der Waals surface area contributed by atoms with Crippen LogP contribution in [0.1, 0.15) is 0 Å². The minimum atomic E-state index is 0.893. The summed E-state index contributed by atoms with van der Waals surface area (Å²) >= 11 is 0. The number of fused-ring (bicyclic) bond motifs is 5. The van der Waals surface area contributed by atoms with Crippen molar-refractivity contribution >= 4 is 43.8 Å². The fourth-order valence-corrected chi connectivity index (χ4v) is 5.52. The van der Waals surface area contributed by atoms with Gasteiger partial charge in [-0.1, -0.05) is 48.5 Å². The predicted molar refractivity (Wildman–Crippen MR) is 151 cm³/mol. The number of imidazole rings is 1. The van der Waals surface area contributed by atoms with Crippen LogP contribution >= 0.6 is 0 Å². The molecular formula is C33H21N3O. The number of nitrogens with zero attached hydrogens (tertiary/aromatic N) is 3. The Morgan fingerprint density at radius 1 is 0.541 bits per heavy atom. The number of furan rings is 1. The number of rotatable bonds is 3. The van der Waals surface area contributed by atoms with E-state index < -0.39 is 0 Å². The first-order chi connectivity index (χ1) is 18.3. The molecule has 0 saturated heterocycles. The molecular weight excluding hydrogens is 454 g/mol. The lowest BCUT2D eigenvalue weighted by Gasteiger charge is -2.11. The van der Waals surface area contributed by atoms with E-state index in [1.54, 1.807) is 6.26 Å². The first-order valence-electron chi connectivity index (χ1n) is 12.4. The van der Waals surface area contributed by atoms with E-state index in [0.29, 0.717) is 0 Å². The summed E-state index contributed by atoms with van der Waals surface area (Å²) in [5.41, 5.74) is 8.54. The molecule has 174 valence electrons. The molecule has 0 N–H and O–H groups in total. The molecule has 8 aromatic rings. The smallest absolute Gasteiger partial charge is 0.145 e. The van der Waals surface area contributed by atoms with Gasteiger partial charge in [-0.2, -0.15) is 0 Å². The van der Waals surface area contributed by atoms with Crippen molar-refractivity contribution in [1.82, 2.24) is 14.1 Å². The van der Waals surface area contributed by atoms with Gasteiger partial charge in [-0.25, -0.2) is 4.98 Å². The van der Waals surface area contributed by atoms with E-state index in [-0.39, 0.29) is 0 Å². The number of hydrogen-bond donors (Lipinski definition) is 0. The number of benzene rings is 5. The standard InChI is InChI=1S/C33H21N3O/c1-2-8-24(9-3-1)36-30-13-7-5-11-28(30)34-33(36)22-14-16-25(17-15-22)35-29-12-6-4-10-26(29)27-20-23-18-19-37-32(23)21-31(27)35/h1-21H. The van der Waals surface area contributed by atoms with Crippen LogP contribution in [0.4, 0.5) is 0 Å². The van der Waals surface area contributed by atoms with Gasteiger partial charge in [0.15, 0.2) is 0 Å². The number of hydrogen-bond acceptors (Lipinski definition) is 2. The summed E-state index contributed by atoms with van der Waals surface area (Å²) in [5, 5.41) is 3.57. The van der Waals surface area contributed by atoms with E-state index in [2.05, 4.69) is 112 Å². The lowest BCUT2D eigenvalue weighted by atomic mass is 10.1. The van der Waals surface area contributed by atoms with Gasteiger partial charge in [0.2, 0.25) is 0 Å². The summed E-state index contributed by atoms with van der Waals surface area (Å²) in [7, 11) is 0. The zero-order valence-electron chi connectivity index (χ0n) is 19.9. The van der Waals surface area contributed by atoms with Crippen molar-refractivity contribution in [3.63, 3.8) is 0 Å². The SMILES string of the molecule is c1ccc(-n2c(-c3ccc(-n4c5ccccc5c5cc6ccoc6cc54)cc3)nc3ccccc32)cc1. The van der Waals surface area contributed by atoms with Gasteiger partial charge in [0, 0.05) is 39.2 Å². The maximum Gasteiger partial charge on any atom is 0.145 e. The summed E-state index contributed by atoms with van der Waals surface area (Å²) in [6, 6.07) is 42.4. The first kappa shape index (κ1) is 20.1. The molecule has 3 aromatic heterocycles. The van der Waals surface area contributed by atoms with Crippen LogP contribution in [0.25, 0.3) is 66.6 Å². The fraction of sp³-hybridized carbons (Fsp3) is 0. The highest BCUT2D eigenvalue weighted by atomic mass is 16.3. The van der Waals surface area contributed by atoms with Crippen LogP contribution in [0.2, 0.25) is 0 Å². The zero-order valence-corrected chi connectivity index (χ0v) is 19.9. The molecule has 4 nitrogen and oxygen atoms in total. The highest BCUT2D eigenvalue weighted by molar-refractivity contribution is 6.13. The second-order valence-electron chi connectivity index (χ2n) is 9.32. The number of aromatic nitrogens is 3. The van der Waals surface area contributed by atoms with Gasteiger partial charge >= 0.3 is 0 Å². The highest BCUT2D eigenvalue weighted by Gasteiger charge is 2.16. The first-order valence-corrected chi connectivity index (χ1v) is 12.4. The summed E-state index contributed by atoms with van der Waals surface area (Å²) in [6.45, 7) is 0. The van der Waals surface area contributed by atoms with Gasteiger partial charge in [-0.05, 0) is 66.7 Å². The molecule has 0 fully saturated rings. The molecule has 0 radical (unpaired) electrons. The molecule has 0 bridgehead atoms. The minimum absolute atomic E-state index is 0.893. The second kappa shape index (κ2) is 7.70. The monoisotopic (exact) mass is 475 g/mol. The molecule has 4 heteroatoms. The molecule has 0 spiro atoms. The van der Waals surface area contributed by atoms with E-state index >= 15 is 0 Å². The van der Waals surface area contributed by atoms with Gasteiger partial charge in [-0.15, -0.1) is 0 Å². The summed E-state index contributed by atoms with van der Waals surface area (Å²) in [5.74, 6) is 0.929. The Kier molecular flexibility index (Phi) is 4.19. The van der Waals surface area contributed by atoms with Crippen molar-refractivity contribution in [3.8, 4) is 22.8 Å². The molecule has 8 rings (SSSR count). The fourth-order valence-electron chi connectivity index (χ4n) is 5.52. The summed E-state index contributed by atoms with van der Waals surface area (Å²) in [6.07, 6.45) is 1.75. The molecule has 0 amide bonds. The molecule has 0 saturated carbocycles. The van der Waals surface area contributed by atoms with E-state index in [4.69, 9.17) is 9.40 Å². The van der Waals surface area contributed by atoms with Crippen LogP contribution in [0.15, 0.2) is 132 Å². The minimum Gasteiger partial charge on any atom is -0.464 e. The third kappa shape index (κ3) is 2.99. The molecule has 0 aliphatic rings. The van der Waals surface area contributed by atoms with E-state index in [1.807, 2.05) is 18.2 Å². The average molecular weight is 476 g/mol. The Labute approximate surface area is 212 Å². The van der Waals surface area contributed by atoms with Crippen LogP contribution in [-0.2, 0) is 0 Å². The van der Waals surface area contributed by atoms with Crippen LogP contribution in [0, 0.1) is 0 Å². The van der Waals surface area contributed by atoms with Crippen molar-refractivity contribution in [3.05, 3.63) is 128 Å². The van der Waals surface area contributed by atoms with Gasteiger partial charge in [-0.3, -0.25) is 4.57 Å². The molecule has 5 aromatic carbocycles. The van der Waals surface area contributed by atoms with Crippen LogP contribution in [-0.4, -0.2) is 14.1 Å². The largest absolute Gasteiger partial charge is 0.464 e. The molecule has 0 atom stereocenters. The zero-order chi connectivity index (χ0) is 24.3. The van der Waals surface area contributed by atoms with E-state index in [1.165, 1.54) is 16.3 Å². The Morgan fingerprint density at radius 3 is 2.14 bits per heavy atom. The van der Waals surface area contributed by atoms with Crippen molar-refractivity contribution < 1.29 is 4.42 Å². The predicted octanol–water partition coefficient (Wildman–Crippen LogP) is 8.54. The topological polar surface area (TPSA) is 35.9 Å². The Bertz CT molecular complexity index is 2080. The van der Waals surface area contributed by atoms with Gasteiger partial charge in [0.05, 0.1) is 28.3 Å². The van der Waals surface area contributed by atoms with Crippen molar-refractivity contribution in [2.75, 3.05) is 0 Å². The number of para-hydroxylation sites is 4. The Hall–Kier alpha value is -5.09.